The van der Waals surface area contributed by atoms with E-state index in [1.54, 1.807) is 66.9 Å². The third-order valence-corrected chi connectivity index (χ3v) is 9.89. The monoisotopic (exact) mass is 495 g/mol. The van der Waals surface area contributed by atoms with Gasteiger partial charge in [0.2, 0.25) is 0 Å². The molecule has 0 fully saturated rings. The van der Waals surface area contributed by atoms with Gasteiger partial charge < -0.3 is 0 Å². The van der Waals surface area contributed by atoms with Gasteiger partial charge in [-0.15, -0.1) is 0 Å². The van der Waals surface area contributed by atoms with Gasteiger partial charge in [-0.2, -0.15) is 0 Å². The van der Waals surface area contributed by atoms with Gasteiger partial charge >= 0.3 is 0 Å². The van der Waals surface area contributed by atoms with Crippen LogP contribution in [0.25, 0.3) is 5.57 Å². The molecule has 5 rings (SSSR count). The van der Waals surface area contributed by atoms with Gasteiger partial charge in [0.15, 0.2) is 0 Å². The second-order valence-corrected chi connectivity index (χ2v) is 12.5. The first-order chi connectivity index (χ1) is 16.1. The molecule has 34 heavy (non-hydrogen) atoms. The highest BCUT2D eigenvalue weighted by atomic mass is 32.2. The van der Waals surface area contributed by atoms with Crippen LogP contribution in [0.4, 0.5) is 5.69 Å². The number of hydrogen-bond acceptors (Lipinski definition) is 5. The minimum atomic E-state index is -3.88. The summed E-state index contributed by atoms with van der Waals surface area (Å²) in [6.07, 6.45) is 1.87. The van der Waals surface area contributed by atoms with E-state index >= 15 is 0 Å². The first-order valence-corrected chi connectivity index (χ1v) is 13.9. The van der Waals surface area contributed by atoms with Gasteiger partial charge in [0.1, 0.15) is 0 Å². The number of sulfonamides is 2. The summed E-state index contributed by atoms with van der Waals surface area (Å²) < 4.78 is 56.8. The van der Waals surface area contributed by atoms with E-state index in [-0.39, 0.29) is 16.3 Å². The lowest BCUT2D eigenvalue weighted by atomic mass is 10.0. The standard InChI is InChI=1S/C25H25N3O4S2/c1-17-4-9-20(10-5-17)33(29,30)27-15-14-23-22(16-27)25-24(13-8-19(3)26-25)28(23)34(31,32)21-11-6-18(2)7-12-21/h4-13,16,23H,14-15H2,1-3H3. The maximum atomic E-state index is 13.7. The average Bonchev–Trinajstić information content (AvgIpc) is 3.13. The van der Waals surface area contributed by atoms with Crippen LogP contribution in [0, 0.1) is 20.8 Å². The maximum Gasteiger partial charge on any atom is 0.264 e. The zero-order valence-electron chi connectivity index (χ0n) is 19.1. The van der Waals surface area contributed by atoms with E-state index in [4.69, 9.17) is 0 Å². The van der Waals surface area contributed by atoms with Crippen LogP contribution in [0.2, 0.25) is 0 Å². The summed E-state index contributed by atoms with van der Waals surface area (Å²) in [5.74, 6) is 0. The first kappa shape index (κ1) is 22.6. The molecule has 0 amide bonds. The number of nitrogens with zero attached hydrogens (tertiary/aromatic N) is 3. The molecular formula is C25H25N3O4S2. The predicted octanol–water partition coefficient (Wildman–Crippen LogP) is 4.02. The smallest absolute Gasteiger partial charge is 0.264 e. The fourth-order valence-corrected chi connectivity index (χ4v) is 7.45. The van der Waals surface area contributed by atoms with Crippen LogP contribution < -0.4 is 4.31 Å². The van der Waals surface area contributed by atoms with Crippen molar-refractivity contribution in [1.82, 2.24) is 9.29 Å². The van der Waals surface area contributed by atoms with Crippen LogP contribution >= 0.6 is 0 Å². The lowest BCUT2D eigenvalue weighted by Gasteiger charge is -2.33. The molecule has 3 aromatic rings. The van der Waals surface area contributed by atoms with E-state index in [0.29, 0.717) is 23.4 Å². The van der Waals surface area contributed by atoms with E-state index in [2.05, 4.69) is 4.98 Å². The summed E-state index contributed by atoms with van der Waals surface area (Å²) in [5.41, 5.74) is 4.23. The third-order valence-electron chi connectivity index (χ3n) is 6.28. The topological polar surface area (TPSA) is 87.7 Å². The molecule has 7 nitrogen and oxygen atoms in total. The number of fused-ring (bicyclic) bond motifs is 3. The van der Waals surface area contributed by atoms with Crippen LogP contribution in [0.3, 0.4) is 0 Å². The molecule has 176 valence electrons. The molecule has 9 heteroatoms. The van der Waals surface area contributed by atoms with Crippen LogP contribution in [0.1, 0.15) is 28.9 Å². The highest BCUT2D eigenvalue weighted by Gasteiger charge is 2.45. The van der Waals surface area contributed by atoms with Crippen molar-refractivity contribution in [2.24, 2.45) is 0 Å². The number of benzene rings is 2. The number of rotatable bonds is 4. The Balaban J connectivity index is 1.62. The summed E-state index contributed by atoms with van der Waals surface area (Å²) in [4.78, 5) is 5.01. The number of pyridine rings is 1. The van der Waals surface area contributed by atoms with Crippen molar-refractivity contribution in [3.63, 3.8) is 0 Å². The molecule has 0 spiro atoms. The first-order valence-electron chi connectivity index (χ1n) is 11.0. The zero-order chi connectivity index (χ0) is 24.3. The van der Waals surface area contributed by atoms with E-state index in [9.17, 15) is 16.8 Å². The Labute approximate surface area is 200 Å². The molecule has 0 saturated carbocycles. The molecule has 3 heterocycles. The van der Waals surface area contributed by atoms with Crippen molar-refractivity contribution < 1.29 is 16.8 Å². The van der Waals surface area contributed by atoms with E-state index < -0.39 is 26.1 Å². The summed E-state index contributed by atoms with van der Waals surface area (Å²) >= 11 is 0. The second kappa shape index (κ2) is 7.95. The lowest BCUT2D eigenvalue weighted by Crippen LogP contribution is -2.42. The second-order valence-electron chi connectivity index (χ2n) is 8.75. The van der Waals surface area contributed by atoms with Crippen LogP contribution in [0.5, 0.6) is 0 Å². The van der Waals surface area contributed by atoms with Crippen molar-refractivity contribution in [2.45, 2.75) is 43.0 Å². The Morgan fingerprint density at radius 1 is 0.765 bits per heavy atom. The Hall–Kier alpha value is -3.17. The summed E-state index contributed by atoms with van der Waals surface area (Å²) in [6.45, 7) is 5.80. The average molecular weight is 496 g/mol. The maximum absolute atomic E-state index is 13.7. The van der Waals surface area contributed by atoms with Crippen LogP contribution in [-0.4, -0.2) is 38.7 Å². The Bertz CT molecular complexity index is 1510. The minimum absolute atomic E-state index is 0.164. The molecule has 1 unspecified atom stereocenters. The highest BCUT2D eigenvalue weighted by Crippen LogP contribution is 2.46. The molecule has 0 bridgehead atoms. The van der Waals surface area contributed by atoms with Gasteiger partial charge in [-0.25, -0.2) is 16.8 Å². The zero-order valence-corrected chi connectivity index (χ0v) is 20.8. The summed E-state index contributed by atoms with van der Waals surface area (Å²) in [7, 11) is -7.66. The van der Waals surface area contributed by atoms with E-state index in [0.717, 1.165) is 16.8 Å². The van der Waals surface area contributed by atoms with Gasteiger partial charge in [-0.05, 0) is 63.6 Å². The van der Waals surface area contributed by atoms with Crippen LogP contribution in [0.15, 0.2) is 76.7 Å². The molecule has 2 aromatic carbocycles. The molecule has 0 aliphatic carbocycles. The Morgan fingerprint density at radius 3 is 1.91 bits per heavy atom. The van der Waals surface area contributed by atoms with Crippen molar-refractivity contribution in [2.75, 3.05) is 10.8 Å². The largest absolute Gasteiger partial charge is 0.273 e. The fourth-order valence-electron chi connectivity index (χ4n) is 4.44. The number of aromatic nitrogens is 1. The van der Waals surface area contributed by atoms with E-state index in [1.165, 1.54) is 8.61 Å². The van der Waals surface area contributed by atoms with Gasteiger partial charge in [0.25, 0.3) is 20.0 Å². The van der Waals surface area contributed by atoms with Crippen molar-refractivity contribution in [3.8, 4) is 0 Å². The third kappa shape index (κ3) is 3.59. The van der Waals surface area contributed by atoms with Crippen molar-refractivity contribution in [1.29, 1.82) is 0 Å². The number of aryl methyl sites for hydroxylation is 3. The summed E-state index contributed by atoms with van der Waals surface area (Å²) in [6, 6.07) is 16.4. The summed E-state index contributed by atoms with van der Waals surface area (Å²) in [5, 5.41) is 0. The number of hydrogen-bond donors (Lipinski definition) is 0. The van der Waals surface area contributed by atoms with Gasteiger partial charge in [-0.1, -0.05) is 35.4 Å². The van der Waals surface area contributed by atoms with E-state index in [1.807, 2.05) is 20.8 Å². The van der Waals surface area contributed by atoms with Gasteiger partial charge in [0, 0.05) is 24.0 Å². The molecule has 0 N–H and O–H groups in total. The fraction of sp³-hybridized carbons (Fsp3) is 0.240. The normalized spacial score (nSPS) is 17.9. The van der Waals surface area contributed by atoms with Crippen molar-refractivity contribution in [3.05, 3.63) is 89.4 Å². The highest BCUT2D eigenvalue weighted by molar-refractivity contribution is 7.93. The Morgan fingerprint density at radius 2 is 1.32 bits per heavy atom. The minimum Gasteiger partial charge on any atom is -0.273 e. The molecule has 2 aliphatic heterocycles. The lowest BCUT2D eigenvalue weighted by molar-refractivity contribution is 0.468. The van der Waals surface area contributed by atoms with Gasteiger partial charge in [-0.3, -0.25) is 13.6 Å². The number of anilines is 1. The Kier molecular flexibility index (Phi) is 5.29. The molecule has 0 saturated heterocycles. The molecule has 1 atom stereocenters. The van der Waals surface area contributed by atoms with Crippen molar-refractivity contribution >= 4 is 31.3 Å². The molecule has 1 aromatic heterocycles. The molecular weight excluding hydrogens is 470 g/mol. The van der Waals surface area contributed by atoms with Gasteiger partial charge in [0.05, 0.1) is 27.2 Å². The quantitative estimate of drug-likeness (QED) is 0.546. The SMILES string of the molecule is Cc1ccc(S(=O)(=O)N2C=C3c4nc(C)ccc4N(S(=O)(=O)c4ccc(C)cc4)C3CC2)cc1. The predicted molar refractivity (Wildman–Crippen MR) is 131 cm³/mol. The molecule has 0 radical (unpaired) electrons. The molecule has 2 aliphatic rings. The van der Waals surface area contributed by atoms with Crippen LogP contribution in [-0.2, 0) is 20.0 Å².